The van der Waals surface area contributed by atoms with Gasteiger partial charge in [-0.2, -0.15) is 0 Å². The molecule has 0 saturated heterocycles. The first kappa shape index (κ1) is 25.2. The van der Waals surface area contributed by atoms with E-state index in [1.807, 2.05) is 0 Å². The van der Waals surface area contributed by atoms with Gasteiger partial charge in [-0.25, -0.2) is 0 Å². The minimum atomic E-state index is -3.44. The molecular formula is C38H32P2. The number of fused-ring (bicyclic) bond motifs is 3. The molecule has 1 heterocycles. The predicted octanol–water partition coefficient (Wildman–Crippen LogP) is 7.49. The molecule has 6 aromatic carbocycles. The summed E-state index contributed by atoms with van der Waals surface area (Å²) in [4.78, 5) is 0. The molecular weight excluding hydrogens is 518 g/mol. The Morgan fingerprint density at radius 1 is 0.375 bits per heavy atom. The van der Waals surface area contributed by atoms with Gasteiger partial charge >= 0.3 is 240 Å². The number of aryl methyl sites for hydroxylation is 2. The molecule has 0 aromatic heterocycles. The van der Waals surface area contributed by atoms with Gasteiger partial charge in [-0.05, 0) is 0 Å². The summed E-state index contributed by atoms with van der Waals surface area (Å²) in [5, 5.41) is 8.72. The van der Waals surface area contributed by atoms with Crippen molar-refractivity contribution in [3.8, 4) is 11.1 Å². The first-order chi connectivity index (χ1) is 19.7. The van der Waals surface area contributed by atoms with E-state index in [1.54, 1.807) is 0 Å². The molecule has 0 bridgehead atoms. The van der Waals surface area contributed by atoms with Gasteiger partial charge in [-0.1, -0.05) is 0 Å². The zero-order chi connectivity index (χ0) is 27.2. The van der Waals surface area contributed by atoms with Crippen molar-refractivity contribution >= 4 is 45.7 Å². The Bertz CT molecular complexity index is 1680. The Kier molecular flexibility index (Phi) is 6.09. The molecule has 0 N–H and O–H groups in total. The normalized spacial score (nSPS) is 15.5. The fourth-order valence-corrected chi connectivity index (χ4v) is 23.6. The summed E-state index contributed by atoms with van der Waals surface area (Å²) in [5.74, 6) is 0. The number of benzene rings is 6. The van der Waals surface area contributed by atoms with Crippen molar-refractivity contribution in [2.24, 2.45) is 0 Å². The Hall–Kier alpha value is -3.82. The molecule has 0 nitrogen and oxygen atoms in total. The van der Waals surface area contributed by atoms with Gasteiger partial charge < -0.3 is 0 Å². The number of hydrogen-bond acceptors (Lipinski definition) is 0. The molecule has 1 aliphatic rings. The first-order valence-corrected chi connectivity index (χ1v) is 18.2. The van der Waals surface area contributed by atoms with Gasteiger partial charge in [0.15, 0.2) is 0 Å². The summed E-state index contributed by atoms with van der Waals surface area (Å²) >= 11 is 0. The first-order valence-electron chi connectivity index (χ1n) is 13.9. The van der Waals surface area contributed by atoms with E-state index in [1.165, 1.54) is 54.1 Å². The molecule has 0 radical (unpaired) electrons. The second-order valence-corrected chi connectivity index (χ2v) is 20.1. The second kappa shape index (κ2) is 9.67. The Morgan fingerprint density at radius 3 is 1.10 bits per heavy atom. The van der Waals surface area contributed by atoms with Crippen LogP contribution in [-0.4, -0.2) is 0 Å². The summed E-state index contributed by atoms with van der Waals surface area (Å²) in [6.07, 6.45) is -3.44. The van der Waals surface area contributed by atoms with E-state index in [0.717, 1.165) is 0 Å². The molecule has 0 saturated carbocycles. The third kappa shape index (κ3) is 3.22. The topological polar surface area (TPSA) is 0 Å². The molecule has 194 valence electrons. The van der Waals surface area contributed by atoms with E-state index in [0.29, 0.717) is 0 Å². The maximum absolute atomic E-state index is 3.44. The van der Waals surface area contributed by atoms with Crippen LogP contribution in [0.25, 0.3) is 11.1 Å². The molecule has 2 heteroatoms. The van der Waals surface area contributed by atoms with Crippen molar-refractivity contribution in [3.05, 3.63) is 169 Å². The van der Waals surface area contributed by atoms with Crippen LogP contribution in [0.1, 0.15) is 11.1 Å². The Balaban J connectivity index is 1.86. The summed E-state index contributed by atoms with van der Waals surface area (Å²) in [6, 6.07) is 59.9. The van der Waals surface area contributed by atoms with Gasteiger partial charge in [0.2, 0.25) is 0 Å². The fourth-order valence-electron chi connectivity index (χ4n) is 7.15. The van der Waals surface area contributed by atoms with Crippen molar-refractivity contribution in [1.82, 2.24) is 0 Å². The molecule has 0 amide bonds. The van der Waals surface area contributed by atoms with Crippen LogP contribution in [-0.2, 0) is 0 Å². The molecule has 7 rings (SSSR count). The van der Waals surface area contributed by atoms with E-state index < -0.39 is 13.9 Å². The molecule has 0 unspecified atom stereocenters. The second-order valence-electron chi connectivity index (χ2n) is 10.7. The maximum atomic E-state index is 2.47. The molecule has 0 aliphatic carbocycles. The third-order valence-electron chi connectivity index (χ3n) is 8.61. The van der Waals surface area contributed by atoms with Gasteiger partial charge in [-0.3, -0.25) is 0 Å². The van der Waals surface area contributed by atoms with Crippen LogP contribution in [0, 0.1) is 13.8 Å². The van der Waals surface area contributed by atoms with Gasteiger partial charge in [0.05, 0.1) is 0 Å². The summed E-state index contributed by atoms with van der Waals surface area (Å²) < 4.78 is 0. The van der Waals surface area contributed by atoms with Gasteiger partial charge in [0.25, 0.3) is 0 Å². The number of hydrogen-bond donors (Lipinski definition) is 0. The fraction of sp³-hybridized carbons (Fsp3) is 0.0526. The molecule has 40 heavy (non-hydrogen) atoms. The van der Waals surface area contributed by atoms with Crippen molar-refractivity contribution < 1.29 is 0 Å². The minimum absolute atomic E-state index is 0.941. The molecule has 0 fully saturated rings. The van der Waals surface area contributed by atoms with Gasteiger partial charge in [0, 0.05) is 0 Å². The summed E-state index contributed by atoms with van der Waals surface area (Å²) in [7, 11) is -0.941. The van der Waals surface area contributed by atoms with Crippen molar-refractivity contribution in [1.29, 1.82) is 0 Å². The number of rotatable bonds is 5. The van der Waals surface area contributed by atoms with Crippen LogP contribution in [0.3, 0.4) is 0 Å². The van der Waals surface area contributed by atoms with E-state index in [2.05, 4.69) is 172 Å². The summed E-state index contributed by atoms with van der Waals surface area (Å²) in [6.45, 7) is 4.60. The molecule has 0 spiro atoms. The zero-order valence-electron chi connectivity index (χ0n) is 22.9. The SMILES string of the molecule is Cc1cccc2c1-c1c(C)cccc1P2(c1ccccc1)(c1ccccc1)P(c1ccccc1)c1ccccc1. The third-order valence-corrected chi connectivity index (χ3v) is 22.7. The standard InChI is InChI=1S/C38H32P2/c1-29-17-15-27-35-37(29)38-30(2)18-16-28-36(38)40(35,33-23-11-5-12-24-33,34-25-13-6-14-26-34)39(31-19-7-3-8-20-31)32-21-9-4-10-22-32/h3-28H,1-2H3. The van der Waals surface area contributed by atoms with Gasteiger partial charge in [0.1, 0.15) is 0 Å². The van der Waals surface area contributed by atoms with E-state index in [-0.39, 0.29) is 0 Å². The van der Waals surface area contributed by atoms with E-state index in [9.17, 15) is 0 Å². The molecule has 1 aliphatic heterocycles. The van der Waals surface area contributed by atoms with E-state index in [4.69, 9.17) is 0 Å². The van der Waals surface area contributed by atoms with Crippen molar-refractivity contribution in [3.63, 3.8) is 0 Å². The Morgan fingerprint density at radius 2 is 0.725 bits per heavy atom. The van der Waals surface area contributed by atoms with Crippen LogP contribution in [0.2, 0.25) is 0 Å². The van der Waals surface area contributed by atoms with Gasteiger partial charge in [-0.15, -0.1) is 0 Å². The van der Waals surface area contributed by atoms with Crippen LogP contribution < -0.4 is 31.8 Å². The Labute approximate surface area is 239 Å². The quantitative estimate of drug-likeness (QED) is 0.195. The van der Waals surface area contributed by atoms with Crippen LogP contribution in [0.5, 0.6) is 0 Å². The molecule has 0 atom stereocenters. The van der Waals surface area contributed by atoms with E-state index >= 15 is 0 Å². The average Bonchev–Trinajstić information content (AvgIpc) is 3.30. The molecule has 6 aromatic rings. The van der Waals surface area contributed by atoms with Crippen molar-refractivity contribution in [2.45, 2.75) is 13.8 Å². The predicted molar refractivity (Wildman–Crippen MR) is 179 cm³/mol. The monoisotopic (exact) mass is 550 g/mol. The zero-order valence-corrected chi connectivity index (χ0v) is 24.7. The van der Waals surface area contributed by atoms with Crippen LogP contribution in [0.4, 0.5) is 0 Å². The van der Waals surface area contributed by atoms with Crippen LogP contribution >= 0.6 is 13.9 Å². The van der Waals surface area contributed by atoms with Crippen LogP contribution in [0.15, 0.2) is 158 Å². The summed E-state index contributed by atoms with van der Waals surface area (Å²) in [5.41, 5.74) is 5.56. The van der Waals surface area contributed by atoms with Crippen molar-refractivity contribution in [2.75, 3.05) is 0 Å². The average molecular weight is 551 g/mol.